The van der Waals surface area contributed by atoms with E-state index in [1.807, 2.05) is 6.92 Å². The highest BCUT2D eigenvalue weighted by molar-refractivity contribution is 7.89. The molecule has 0 fully saturated rings. The molecule has 0 amide bonds. The lowest BCUT2D eigenvalue weighted by molar-refractivity contribution is 0.340. The number of nitrogens with zero attached hydrogens (tertiary/aromatic N) is 2. The molecule has 0 bridgehead atoms. The average molecular weight is 389 g/mol. The van der Waals surface area contributed by atoms with Gasteiger partial charge in [-0.2, -0.15) is 4.98 Å². The number of benzene rings is 2. The molecule has 3 aromatic rings. The van der Waals surface area contributed by atoms with E-state index in [1.54, 1.807) is 43.5 Å². The minimum atomic E-state index is -3.70. The van der Waals surface area contributed by atoms with E-state index in [0.717, 1.165) is 5.56 Å². The van der Waals surface area contributed by atoms with Crippen molar-refractivity contribution in [3.05, 3.63) is 54.4 Å². The van der Waals surface area contributed by atoms with Gasteiger partial charge in [-0.15, -0.1) is 0 Å². The van der Waals surface area contributed by atoms with Crippen LogP contribution in [0.15, 0.2) is 57.9 Å². The Labute approximate surface area is 157 Å². The van der Waals surface area contributed by atoms with Gasteiger partial charge in [-0.25, -0.2) is 13.1 Å². The first-order chi connectivity index (χ1) is 13.0. The molecule has 0 spiro atoms. The maximum absolute atomic E-state index is 12.4. The van der Waals surface area contributed by atoms with E-state index in [2.05, 4.69) is 14.9 Å². The van der Waals surface area contributed by atoms with Gasteiger partial charge in [0.1, 0.15) is 11.5 Å². The molecule has 0 unspecified atom stereocenters. The second-order valence-electron chi connectivity index (χ2n) is 5.47. The first kappa shape index (κ1) is 18.9. The molecule has 0 aliphatic carbocycles. The van der Waals surface area contributed by atoms with E-state index >= 15 is 0 Å². The van der Waals surface area contributed by atoms with Crippen LogP contribution in [0, 0.1) is 0 Å². The number of rotatable bonds is 8. The van der Waals surface area contributed by atoms with E-state index in [9.17, 15) is 8.42 Å². The van der Waals surface area contributed by atoms with Gasteiger partial charge in [-0.3, -0.25) is 0 Å². The molecule has 27 heavy (non-hydrogen) atoms. The van der Waals surface area contributed by atoms with E-state index in [4.69, 9.17) is 14.0 Å². The number of sulfonamides is 1. The number of hydrogen-bond donors (Lipinski definition) is 1. The second kappa shape index (κ2) is 8.19. The fourth-order valence-electron chi connectivity index (χ4n) is 2.31. The molecule has 0 radical (unpaired) electrons. The lowest BCUT2D eigenvalue weighted by Gasteiger charge is -2.06. The van der Waals surface area contributed by atoms with Crippen LogP contribution in [0.1, 0.15) is 12.8 Å². The summed E-state index contributed by atoms with van der Waals surface area (Å²) in [7, 11) is -2.12. The average Bonchev–Trinajstić information content (AvgIpc) is 3.16. The van der Waals surface area contributed by atoms with Crippen LogP contribution in [0.4, 0.5) is 0 Å². The van der Waals surface area contributed by atoms with Crippen LogP contribution in [0.5, 0.6) is 11.5 Å². The second-order valence-corrected chi connectivity index (χ2v) is 7.24. The first-order valence-electron chi connectivity index (χ1n) is 8.21. The summed E-state index contributed by atoms with van der Waals surface area (Å²) >= 11 is 0. The Hall–Kier alpha value is -2.91. The molecule has 0 aliphatic heterocycles. The maximum atomic E-state index is 12.4. The van der Waals surface area contributed by atoms with Crippen molar-refractivity contribution in [2.45, 2.75) is 18.4 Å². The van der Waals surface area contributed by atoms with Crippen LogP contribution < -0.4 is 14.2 Å². The number of hydrogen-bond acceptors (Lipinski definition) is 7. The molecule has 1 aromatic heterocycles. The summed E-state index contributed by atoms with van der Waals surface area (Å²) in [5.74, 6) is 1.85. The fraction of sp³-hybridized carbons (Fsp3) is 0.222. The fourth-order valence-corrected chi connectivity index (χ4v) is 3.28. The van der Waals surface area contributed by atoms with Gasteiger partial charge in [0.05, 0.1) is 25.2 Å². The molecular formula is C18H19N3O5S. The van der Waals surface area contributed by atoms with Crippen molar-refractivity contribution in [1.29, 1.82) is 0 Å². The Kier molecular flexibility index (Phi) is 5.72. The molecule has 1 N–H and O–H groups in total. The molecular weight excluding hydrogens is 370 g/mol. The normalized spacial score (nSPS) is 11.3. The predicted octanol–water partition coefficient (Wildman–Crippen LogP) is 2.62. The number of nitrogens with one attached hydrogen (secondary N) is 1. The third kappa shape index (κ3) is 4.63. The zero-order valence-corrected chi connectivity index (χ0v) is 15.7. The van der Waals surface area contributed by atoms with Crippen molar-refractivity contribution < 1.29 is 22.4 Å². The van der Waals surface area contributed by atoms with E-state index < -0.39 is 10.0 Å². The largest absolute Gasteiger partial charge is 0.497 e. The minimum absolute atomic E-state index is 0.112. The van der Waals surface area contributed by atoms with Crippen LogP contribution in [-0.4, -0.2) is 32.3 Å². The number of aromatic nitrogens is 2. The summed E-state index contributed by atoms with van der Waals surface area (Å²) in [6.45, 7) is 2.26. The van der Waals surface area contributed by atoms with Crippen LogP contribution in [0.25, 0.3) is 11.4 Å². The number of methoxy groups -OCH3 is 1. The highest BCUT2D eigenvalue weighted by Crippen LogP contribution is 2.20. The molecule has 0 saturated heterocycles. The summed E-state index contributed by atoms with van der Waals surface area (Å²) in [5.41, 5.74) is 0.736. The van der Waals surface area contributed by atoms with Crippen molar-refractivity contribution in [3.63, 3.8) is 0 Å². The van der Waals surface area contributed by atoms with E-state index in [1.165, 1.54) is 12.1 Å². The first-order valence-corrected chi connectivity index (χ1v) is 9.69. The summed E-state index contributed by atoms with van der Waals surface area (Å²) in [4.78, 5) is 4.33. The lowest BCUT2D eigenvalue weighted by atomic mass is 10.2. The zero-order chi connectivity index (χ0) is 19.3. The summed E-state index contributed by atoms with van der Waals surface area (Å²) in [6, 6.07) is 13.3. The van der Waals surface area contributed by atoms with Gasteiger partial charge in [0, 0.05) is 5.56 Å². The Bertz CT molecular complexity index is 983. The van der Waals surface area contributed by atoms with Gasteiger partial charge in [0.15, 0.2) is 0 Å². The molecule has 0 saturated carbocycles. The molecule has 0 atom stereocenters. The standard InChI is InChI=1S/C18H19N3O5S/c1-3-25-15-8-10-16(11-9-15)27(22,23)19-12-17-20-18(21-26-17)13-4-6-14(24-2)7-5-13/h4-11,19H,3,12H2,1-2H3. The minimum Gasteiger partial charge on any atom is -0.497 e. The summed E-state index contributed by atoms with van der Waals surface area (Å²) in [5, 5.41) is 3.87. The van der Waals surface area contributed by atoms with Crippen molar-refractivity contribution in [2.75, 3.05) is 13.7 Å². The maximum Gasteiger partial charge on any atom is 0.242 e. The topological polar surface area (TPSA) is 104 Å². The quantitative estimate of drug-likeness (QED) is 0.631. The highest BCUT2D eigenvalue weighted by Gasteiger charge is 2.16. The highest BCUT2D eigenvalue weighted by atomic mass is 32.2. The smallest absolute Gasteiger partial charge is 0.242 e. The van der Waals surface area contributed by atoms with Crippen molar-refractivity contribution in [1.82, 2.24) is 14.9 Å². The zero-order valence-electron chi connectivity index (χ0n) is 14.9. The van der Waals surface area contributed by atoms with Crippen LogP contribution in [-0.2, 0) is 16.6 Å². The van der Waals surface area contributed by atoms with Crippen molar-refractivity contribution >= 4 is 10.0 Å². The van der Waals surface area contributed by atoms with Gasteiger partial charge in [-0.05, 0) is 55.5 Å². The number of ether oxygens (including phenoxy) is 2. The molecule has 3 rings (SSSR count). The van der Waals surface area contributed by atoms with Gasteiger partial charge in [-0.1, -0.05) is 5.16 Å². The summed E-state index contributed by atoms with van der Waals surface area (Å²) in [6.07, 6.45) is 0. The predicted molar refractivity (Wildman–Crippen MR) is 97.9 cm³/mol. The Morgan fingerprint density at radius 3 is 2.33 bits per heavy atom. The van der Waals surface area contributed by atoms with Gasteiger partial charge < -0.3 is 14.0 Å². The van der Waals surface area contributed by atoms with Gasteiger partial charge in [0.2, 0.25) is 21.7 Å². The van der Waals surface area contributed by atoms with Crippen LogP contribution in [0.2, 0.25) is 0 Å². The molecule has 2 aromatic carbocycles. The Morgan fingerprint density at radius 2 is 1.70 bits per heavy atom. The van der Waals surface area contributed by atoms with E-state index in [0.29, 0.717) is 23.9 Å². The van der Waals surface area contributed by atoms with Crippen LogP contribution in [0.3, 0.4) is 0 Å². The SMILES string of the molecule is CCOc1ccc(S(=O)(=O)NCc2nc(-c3ccc(OC)cc3)no2)cc1. The molecule has 1 heterocycles. The van der Waals surface area contributed by atoms with E-state index in [-0.39, 0.29) is 17.3 Å². The van der Waals surface area contributed by atoms with Crippen molar-refractivity contribution in [2.24, 2.45) is 0 Å². The molecule has 8 nitrogen and oxygen atoms in total. The van der Waals surface area contributed by atoms with Crippen LogP contribution >= 0.6 is 0 Å². The van der Waals surface area contributed by atoms with Gasteiger partial charge in [0.25, 0.3) is 0 Å². The Balaban J connectivity index is 1.66. The molecule has 0 aliphatic rings. The summed E-state index contributed by atoms with van der Waals surface area (Å²) < 4.78 is 42.7. The Morgan fingerprint density at radius 1 is 1.04 bits per heavy atom. The molecule has 142 valence electrons. The monoisotopic (exact) mass is 389 g/mol. The van der Waals surface area contributed by atoms with Crippen molar-refractivity contribution in [3.8, 4) is 22.9 Å². The third-order valence-electron chi connectivity index (χ3n) is 3.67. The molecule has 9 heteroatoms. The lowest BCUT2D eigenvalue weighted by Crippen LogP contribution is -2.23. The van der Waals surface area contributed by atoms with Gasteiger partial charge >= 0.3 is 0 Å². The third-order valence-corrected chi connectivity index (χ3v) is 5.09.